The molecule has 2 aromatic rings. The molecule has 0 amide bonds. The van der Waals surface area contributed by atoms with Gasteiger partial charge >= 0.3 is 7.12 Å². The van der Waals surface area contributed by atoms with Gasteiger partial charge in [-0.3, -0.25) is 0 Å². The highest BCUT2D eigenvalue weighted by molar-refractivity contribution is 6.58. The zero-order valence-corrected chi connectivity index (χ0v) is 7.68. The van der Waals surface area contributed by atoms with Gasteiger partial charge in [0, 0.05) is 24.0 Å². The van der Waals surface area contributed by atoms with Gasteiger partial charge in [-0.15, -0.1) is 0 Å². The van der Waals surface area contributed by atoms with E-state index in [1.807, 2.05) is 0 Å². The van der Waals surface area contributed by atoms with Gasteiger partial charge in [-0.1, -0.05) is 12.1 Å². The van der Waals surface area contributed by atoms with E-state index in [1.165, 1.54) is 0 Å². The predicted molar refractivity (Wildman–Crippen MR) is 54.4 cm³/mol. The number of aryl methyl sites for hydroxylation is 1. The maximum absolute atomic E-state index is 9.57. The molecule has 0 unspecified atom stereocenters. The Labute approximate surface area is 81.2 Å². The van der Waals surface area contributed by atoms with Crippen molar-refractivity contribution < 1.29 is 15.2 Å². The molecule has 0 aliphatic carbocycles. The predicted octanol–water partition coefficient (Wildman–Crippen LogP) is -0.436. The molecule has 0 spiro atoms. The molecule has 0 aliphatic rings. The van der Waals surface area contributed by atoms with Crippen LogP contribution in [0, 0.1) is 0 Å². The third-order valence-electron chi connectivity index (χ3n) is 2.28. The van der Waals surface area contributed by atoms with Crippen LogP contribution in [0.15, 0.2) is 24.4 Å². The summed E-state index contributed by atoms with van der Waals surface area (Å²) in [6.45, 7) is 0. The molecule has 0 radical (unpaired) electrons. The van der Waals surface area contributed by atoms with E-state index in [9.17, 15) is 5.11 Å². The highest BCUT2D eigenvalue weighted by atomic mass is 16.4. The maximum atomic E-state index is 9.57. The molecule has 3 N–H and O–H groups in total. The Kier molecular flexibility index (Phi) is 1.98. The first-order valence-electron chi connectivity index (χ1n) is 4.23. The Balaban J connectivity index is 2.67. The van der Waals surface area contributed by atoms with Crippen LogP contribution in [0.4, 0.5) is 0 Å². The summed E-state index contributed by atoms with van der Waals surface area (Å²) in [6.07, 6.45) is 1.73. The van der Waals surface area contributed by atoms with Crippen molar-refractivity contribution in [3.05, 3.63) is 24.4 Å². The van der Waals surface area contributed by atoms with Gasteiger partial charge in [0.15, 0.2) is 5.88 Å². The van der Waals surface area contributed by atoms with Crippen LogP contribution in [-0.4, -0.2) is 26.8 Å². The number of benzene rings is 1. The molecule has 1 aromatic heterocycles. The first-order valence-corrected chi connectivity index (χ1v) is 4.23. The fourth-order valence-corrected chi connectivity index (χ4v) is 1.51. The normalized spacial score (nSPS) is 10.8. The molecule has 72 valence electrons. The van der Waals surface area contributed by atoms with Crippen LogP contribution >= 0.6 is 0 Å². The van der Waals surface area contributed by atoms with E-state index < -0.39 is 7.12 Å². The van der Waals surface area contributed by atoms with Crippen molar-refractivity contribution in [2.75, 3.05) is 0 Å². The van der Waals surface area contributed by atoms with Crippen LogP contribution in [0.1, 0.15) is 0 Å². The van der Waals surface area contributed by atoms with Crippen molar-refractivity contribution in [1.29, 1.82) is 0 Å². The summed E-state index contributed by atoms with van der Waals surface area (Å²) in [5.74, 6) is 0.180. The largest absolute Gasteiger partial charge is 0.494 e. The summed E-state index contributed by atoms with van der Waals surface area (Å²) in [6, 6.07) is 4.88. The van der Waals surface area contributed by atoms with Gasteiger partial charge < -0.3 is 19.7 Å². The molecule has 2 rings (SSSR count). The molecule has 14 heavy (non-hydrogen) atoms. The van der Waals surface area contributed by atoms with E-state index in [2.05, 4.69) is 0 Å². The quantitative estimate of drug-likeness (QED) is 0.535. The minimum atomic E-state index is -1.47. The molecule has 0 fully saturated rings. The van der Waals surface area contributed by atoms with E-state index in [1.54, 1.807) is 36.0 Å². The van der Waals surface area contributed by atoms with E-state index >= 15 is 0 Å². The molecule has 0 aliphatic heterocycles. The summed E-state index contributed by atoms with van der Waals surface area (Å²) in [5.41, 5.74) is 0.420. The van der Waals surface area contributed by atoms with Crippen molar-refractivity contribution in [2.24, 2.45) is 7.05 Å². The Bertz CT molecular complexity index is 478. The van der Waals surface area contributed by atoms with Crippen molar-refractivity contribution >= 4 is 23.4 Å². The van der Waals surface area contributed by atoms with E-state index in [0.29, 0.717) is 10.8 Å². The molecule has 0 saturated heterocycles. The lowest BCUT2D eigenvalue weighted by atomic mass is 9.80. The average Bonchev–Trinajstić information content (AvgIpc) is 2.42. The lowest BCUT2D eigenvalue weighted by Crippen LogP contribution is -2.29. The van der Waals surface area contributed by atoms with Crippen molar-refractivity contribution in [3.8, 4) is 5.88 Å². The second-order valence-electron chi connectivity index (χ2n) is 3.28. The van der Waals surface area contributed by atoms with Crippen LogP contribution < -0.4 is 5.46 Å². The van der Waals surface area contributed by atoms with E-state index in [4.69, 9.17) is 10.0 Å². The SMILES string of the molecule is Cn1cc2cc(B(O)O)ccc2c1O. The minimum Gasteiger partial charge on any atom is -0.494 e. The Hall–Kier alpha value is -1.46. The van der Waals surface area contributed by atoms with Gasteiger partial charge in [-0.05, 0) is 11.5 Å². The third kappa shape index (κ3) is 1.27. The van der Waals surface area contributed by atoms with Gasteiger partial charge in [0.1, 0.15) is 0 Å². The number of hydrogen-bond donors (Lipinski definition) is 3. The molecule has 0 bridgehead atoms. The lowest BCUT2D eigenvalue weighted by molar-refractivity contribution is 0.425. The first kappa shape index (κ1) is 9.11. The summed E-state index contributed by atoms with van der Waals surface area (Å²) in [4.78, 5) is 0. The number of fused-ring (bicyclic) bond motifs is 1. The van der Waals surface area contributed by atoms with Crippen molar-refractivity contribution in [2.45, 2.75) is 0 Å². The second kappa shape index (κ2) is 3.04. The molecule has 1 aromatic carbocycles. The Morgan fingerprint density at radius 3 is 2.64 bits per heavy atom. The minimum absolute atomic E-state index is 0.180. The van der Waals surface area contributed by atoms with Crippen LogP contribution in [0.25, 0.3) is 10.8 Å². The molecular formula is C9H10BNO3. The van der Waals surface area contributed by atoms with Gasteiger partial charge in [-0.2, -0.15) is 0 Å². The maximum Gasteiger partial charge on any atom is 0.488 e. The van der Waals surface area contributed by atoms with Crippen LogP contribution in [-0.2, 0) is 7.05 Å². The Morgan fingerprint density at radius 2 is 2.00 bits per heavy atom. The van der Waals surface area contributed by atoms with E-state index in [-0.39, 0.29) is 5.88 Å². The highest BCUT2D eigenvalue weighted by Crippen LogP contribution is 2.24. The van der Waals surface area contributed by atoms with Gasteiger partial charge in [-0.25, -0.2) is 0 Å². The smallest absolute Gasteiger partial charge is 0.488 e. The van der Waals surface area contributed by atoms with Crippen LogP contribution in [0.5, 0.6) is 5.88 Å². The van der Waals surface area contributed by atoms with Gasteiger partial charge in [0.05, 0.1) is 0 Å². The van der Waals surface area contributed by atoms with Crippen LogP contribution in [0.2, 0.25) is 0 Å². The highest BCUT2D eigenvalue weighted by Gasteiger charge is 2.13. The fraction of sp³-hybridized carbons (Fsp3) is 0.111. The number of aromatic nitrogens is 1. The molecule has 0 saturated carbocycles. The number of hydrogen-bond acceptors (Lipinski definition) is 3. The number of rotatable bonds is 1. The lowest BCUT2D eigenvalue weighted by Gasteiger charge is -1.98. The molecule has 4 nitrogen and oxygen atoms in total. The van der Waals surface area contributed by atoms with Crippen molar-refractivity contribution in [1.82, 2.24) is 4.57 Å². The molecule has 0 atom stereocenters. The molecular weight excluding hydrogens is 181 g/mol. The Morgan fingerprint density at radius 1 is 1.29 bits per heavy atom. The third-order valence-corrected chi connectivity index (χ3v) is 2.28. The zero-order chi connectivity index (χ0) is 10.3. The molecule has 1 heterocycles. The van der Waals surface area contributed by atoms with Crippen LogP contribution in [0.3, 0.4) is 0 Å². The first-order chi connectivity index (χ1) is 6.59. The fourth-order valence-electron chi connectivity index (χ4n) is 1.51. The van der Waals surface area contributed by atoms with E-state index in [0.717, 1.165) is 5.39 Å². The van der Waals surface area contributed by atoms with Crippen molar-refractivity contribution in [3.63, 3.8) is 0 Å². The summed E-state index contributed by atoms with van der Waals surface area (Å²) >= 11 is 0. The number of aromatic hydroxyl groups is 1. The summed E-state index contributed by atoms with van der Waals surface area (Å²) in [5, 5.41) is 28.9. The van der Waals surface area contributed by atoms with Gasteiger partial charge in [0.25, 0.3) is 0 Å². The second-order valence-corrected chi connectivity index (χ2v) is 3.28. The zero-order valence-electron chi connectivity index (χ0n) is 7.68. The van der Waals surface area contributed by atoms with Gasteiger partial charge in [0.2, 0.25) is 0 Å². The number of nitrogens with zero attached hydrogens (tertiary/aromatic N) is 1. The summed E-state index contributed by atoms with van der Waals surface area (Å²) in [7, 11) is 0.256. The monoisotopic (exact) mass is 191 g/mol. The molecule has 5 heteroatoms. The standard InChI is InChI=1S/C9H10BNO3/c1-11-5-6-4-7(10(13)14)2-3-8(6)9(11)12/h2-5,12-14H,1H3. The summed E-state index contributed by atoms with van der Waals surface area (Å²) < 4.78 is 1.58. The topological polar surface area (TPSA) is 65.6 Å². The average molecular weight is 191 g/mol.